The molecule has 26 heavy (non-hydrogen) atoms. The Hall–Kier alpha value is -2.12. The number of aryl methyl sites for hydroxylation is 1. The van der Waals surface area contributed by atoms with Gasteiger partial charge in [-0.3, -0.25) is 4.79 Å². The molecule has 0 atom stereocenters. The maximum atomic E-state index is 13.3. The number of carbonyl (C=O) groups excluding carboxylic acids is 2. The average Bonchev–Trinajstić information content (AvgIpc) is 2.92. The molecule has 2 aromatic rings. The Labute approximate surface area is 160 Å². The van der Waals surface area contributed by atoms with Gasteiger partial charge in [0.15, 0.2) is 0 Å². The number of anilines is 1. The third-order valence-electron chi connectivity index (χ3n) is 3.42. The number of hydrogen-bond acceptors (Lipinski definition) is 5. The number of amides is 1. The smallest absolute Gasteiger partial charge is 0.341 e. The first-order valence-corrected chi connectivity index (χ1v) is 10.00. The van der Waals surface area contributed by atoms with Gasteiger partial charge in [0.1, 0.15) is 16.4 Å². The van der Waals surface area contributed by atoms with Crippen molar-refractivity contribution in [2.75, 3.05) is 23.4 Å². The molecule has 0 unspecified atom stereocenters. The van der Waals surface area contributed by atoms with Gasteiger partial charge in [0.2, 0.25) is 5.91 Å². The summed E-state index contributed by atoms with van der Waals surface area (Å²) >= 11 is 2.74. The van der Waals surface area contributed by atoms with Crippen LogP contribution in [-0.4, -0.2) is 30.0 Å². The Morgan fingerprint density at radius 1 is 1.35 bits per heavy atom. The molecule has 1 amide bonds. The molecule has 0 radical (unpaired) electrons. The van der Waals surface area contributed by atoms with Crippen LogP contribution in [0.5, 0.6) is 0 Å². The van der Waals surface area contributed by atoms with Gasteiger partial charge >= 0.3 is 5.97 Å². The number of hydrogen-bond donors (Lipinski definition) is 1. The second-order valence-electron chi connectivity index (χ2n) is 5.32. The van der Waals surface area contributed by atoms with Crippen molar-refractivity contribution >= 4 is 40.0 Å². The molecule has 1 aromatic heterocycles. The van der Waals surface area contributed by atoms with Gasteiger partial charge in [-0.1, -0.05) is 18.2 Å². The van der Waals surface area contributed by atoms with Crippen molar-refractivity contribution in [3.63, 3.8) is 0 Å². The summed E-state index contributed by atoms with van der Waals surface area (Å²) in [6, 6.07) is 5.90. The van der Waals surface area contributed by atoms with Crippen molar-refractivity contribution in [1.29, 1.82) is 0 Å². The van der Waals surface area contributed by atoms with Gasteiger partial charge in [0.05, 0.1) is 12.4 Å². The molecule has 1 heterocycles. The molecule has 7 heteroatoms. The number of carbonyl (C=O) groups is 2. The third kappa shape index (κ3) is 4.95. The Morgan fingerprint density at radius 3 is 2.65 bits per heavy atom. The molecule has 0 spiro atoms. The van der Waals surface area contributed by atoms with Crippen molar-refractivity contribution in [2.24, 2.45) is 0 Å². The molecule has 0 saturated carbocycles. The first-order chi connectivity index (χ1) is 12.5. The normalized spacial score (nSPS) is 10.4. The summed E-state index contributed by atoms with van der Waals surface area (Å²) in [5.74, 6) is -0.133. The molecule has 0 aliphatic carbocycles. The first-order valence-electron chi connectivity index (χ1n) is 8.02. The van der Waals surface area contributed by atoms with E-state index in [1.165, 1.54) is 35.2 Å². The van der Waals surface area contributed by atoms with Crippen LogP contribution in [0.3, 0.4) is 0 Å². The zero-order valence-electron chi connectivity index (χ0n) is 14.6. The van der Waals surface area contributed by atoms with E-state index in [1.54, 1.807) is 25.1 Å². The molecule has 1 N–H and O–H groups in total. The highest BCUT2D eigenvalue weighted by molar-refractivity contribution is 8.00. The molecule has 0 bridgehead atoms. The molecule has 0 saturated heterocycles. The Morgan fingerprint density at radius 2 is 2.04 bits per heavy atom. The van der Waals surface area contributed by atoms with Crippen molar-refractivity contribution < 1.29 is 18.7 Å². The Balaban J connectivity index is 2.40. The van der Waals surface area contributed by atoms with Gasteiger partial charge in [-0.25, -0.2) is 9.18 Å². The molecule has 1 aromatic carbocycles. The van der Waals surface area contributed by atoms with Crippen LogP contribution in [0, 0.1) is 12.7 Å². The summed E-state index contributed by atoms with van der Waals surface area (Å²) in [4.78, 5) is 25.5. The minimum atomic E-state index is -0.509. The van der Waals surface area contributed by atoms with E-state index in [1.807, 2.05) is 6.92 Å². The second kappa shape index (κ2) is 9.54. The largest absolute Gasteiger partial charge is 0.462 e. The highest BCUT2D eigenvalue weighted by atomic mass is 32.2. The average molecular weight is 394 g/mol. The molecule has 4 nitrogen and oxygen atoms in total. The number of esters is 1. The van der Waals surface area contributed by atoms with Crippen LogP contribution in [-0.2, 0) is 9.53 Å². The summed E-state index contributed by atoms with van der Waals surface area (Å²) < 4.78 is 18.4. The SMILES string of the molecule is C=CCSCC(=O)Nc1sc(C)c(-c2ccc(F)cc2)c1C(=O)OCC. The summed E-state index contributed by atoms with van der Waals surface area (Å²) in [7, 11) is 0. The number of thiophene rings is 1. The van der Waals surface area contributed by atoms with E-state index in [-0.39, 0.29) is 24.1 Å². The van der Waals surface area contributed by atoms with E-state index in [0.29, 0.717) is 27.4 Å². The van der Waals surface area contributed by atoms with Crippen molar-refractivity contribution in [3.8, 4) is 11.1 Å². The van der Waals surface area contributed by atoms with Gasteiger partial charge in [0, 0.05) is 16.2 Å². The maximum absolute atomic E-state index is 13.3. The lowest BCUT2D eigenvalue weighted by molar-refractivity contribution is -0.113. The van der Waals surface area contributed by atoms with Crippen molar-refractivity contribution in [2.45, 2.75) is 13.8 Å². The number of rotatable bonds is 8. The fourth-order valence-electron chi connectivity index (χ4n) is 2.39. The van der Waals surface area contributed by atoms with Crippen LogP contribution in [0.4, 0.5) is 9.39 Å². The van der Waals surface area contributed by atoms with E-state index in [9.17, 15) is 14.0 Å². The van der Waals surface area contributed by atoms with E-state index in [4.69, 9.17) is 4.74 Å². The molecule has 0 aliphatic rings. The fourth-order valence-corrected chi connectivity index (χ4v) is 4.02. The number of benzene rings is 1. The van der Waals surface area contributed by atoms with Crippen molar-refractivity contribution in [1.82, 2.24) is 0 Å². The van der Waals surface area contributed by atoms with Gasteiger partial charge in [-0.2, -0.15) is 0 Å². The molecule has 2 rings (SSSR count). The molecule has 138 valence electrons. The number of thioether (sulfide) groups is 1. The van der Waals surface area contributed by atoms with Crippen LogP contribution in [0.2, 0.25) is 0 Å². The van der Waals surface area contributed by atoms with Gasteiger partial charge in [0.25, 0.3) is 0 Å². The fraction of sp³-hybridized carbons (Fsp3) is 0.263. The van der Waals surface area contributed by atoms with Crippen LogP contribution in [0.25, 0.3) is 11.1 Å². The first kappa shape index (κ1) is 20.2. The highest BCUT2D eigenvalue weighted by Crippen LogP contribution is 2.40. The lowest BCUT2D eigenvalue weighted by atomic mass is 10.0. The number of halogens is 1. The zero-order chi connectivity index (χ0) is 19.1. The number of nitrogens with one attached hydrogen (secondary N) is 1. The summed E-state index contributed by atoms with van der Waals surface area (Å²) in [5.41, 5.74) is 1.66. The second-order valence-corrected chi connectivity index (χ2v) is 7.57. The van der Waals surface area contributed by atoms with Crippen LogP contribution < -0.4 is 5.32 Å². The minimum Gasteiger partial charge on any atom is -0.462 e. The summed E-state index contributed by atoms with van der Waals surface area (Å²) in [6.07, 6.45) is 1.73. The topological polar surface area (TPSA) is 55.4 Å². The minimum absolute atomic E-state index is 0.200. The Bertz CT molecular complexity index is 800. The molecule has 0 aliphatic heterocycles. The van der Waals surface area contributed by atoms with E-state index < -0.39 is 5.97 Å². The van der Waals surface area contributed by atoms with Gasteiger partial charge in [-0.15, -0.1) is 29.7 Å². The molecular formula is C19H20FNO3S2. The lowest BCUT2D eigenvalue weighted by Crippen LogP contribution is -2.16. The number of ether oxygens (including phenoxy) is 1. The van der Waals surface area contributed by atoms with Gasteiger partial charge in [-0.05, 0) is 31.5 Å². The highest BCUT2D eigenvalue weighted by Gasteiger charge is 2.25. The quantitative estimate of drug-likeness (QED) is 0.394. The predicted octanol–water partition coefficient (Wildman–Crippen LogP) is 4.90. The van der Waals surface area contributed by atoms with E-state index in [2.05, 4.69) is 11.9 Å². The predicted molar refractivity (Wildman–Crippen MR) is 107 cm³/mol. The van der Waals surface area contributed by atoms with Gasteiger partial charge < -0.3 is 10.1 Å². The maximum Gasteiger partial charge on any atom is 0.341 e. The standard InChI is InChI=1S/C19H20FNO3S2/c1-4-10-25-11-15(22)21-18-17(19(23)24-5-2)16(12(3)26-18)13-6-8-14(20)9-7-13/h4,6-9H,1,5,10-11H2,2-3H3,(H,21,22). The third-order valence-corrected chi connectivity index (χ3v) is 5.38. The van der Waals surface area contributed by atoms with E-state index >= 15 is 0 Å². The monoisotopic (exact) mass is 393 g/mol. The van der Waals surface area contributed by atoms with Crippen LogP contribution in [0.1, 0.15) is 22.2 Å². The molecule has 0 fully saturated rings. The summed E-state index contributed by atoms with van der Waals surface area (Å²) in [6.45, 7) is 7.41. The van der Waals surface area contributed by atoms with E-state index in [0.717, 1.165) is 4.88 Å². The van der Waals surface area contributed by atoms with Crippen LogP contribution >= 0.6 is 23.1 Å². The summed E-state index contributed by atoms with van der Waals surface area (Å²) in [5, 5.41) is 3.25. The van der Waals surface area contributed by atoms with Crippen molar-refractivity contribution in [3.05, 3.63) is 53.2 Å². The lowest BCUT2D eigenvalue weighted by Gasteiger charge is -2.09. The van der Waals surface area contributed by atoms with Crippen LogP contribution in [0.15, 0.2) is 36.9 Å². The Kier molecular flexibility index (Phi) is 7.41. The zero-order valence-corrected chi connectivity index (χ0v) is 16.3. The molecular weight excluding hydrogens is 373 g/mol.